The van der Waals surface area contributed by atoms with Gasteiger partial charge < -0.3 is 19.9 Å². The summed E-state index contributed by atoms with van der Waals surface area (Å²) < 4.78 is 11.3. The van der Waals surface area contributed by atoms with Gasteiger partial charge in [0.1, 0.15) is 0 Å². The van der Waals surface area contributed by atoms with Gasteiger partial charge in [-0.25, -0.2) is 0 Å². The van der Waals surface area contributed by atoms with Crippen LogP contribution < -0.4 is 14.8 Å². The maximum Gasteiger partial charge on any atom is 0.162 e. The Morgan fingerprint density at radius 1 is 1.20 bits per heavy atom. The van der Waals surface area contributed by atoms with Crippen LogP contribution in [0, 0.1) is 5.92 Å². The number of hydrogen-bond donors (Lipinski definition) is 2. The molecule has 2 atom stereocenters. The number of aliphatic hydroxyl groups is 1. The minimum Gasteiger partial charge on any atom is -0.490 e. The molecule has 3 rings (SSSR count). The molecule has 0 aliphatic carbocycles. The number of halogens is 1. The van der Waals surface area contributed by atoms with E-state index >= 15 is 0 Å². The molecule has 0 aromatic heterocycles. The van der Waals surface area contributed by atoms with Crippen molar-refractivity contribution in [2.45, 2.75) is 25.4 Å². The molecule has 2 N–H and O–H groups in total. The van der Waals surface area contributed by atoms with E-state index in [0.29, 0.717) is 29.7 Å². The number of aliphatic hydroxyl groups excluding tert-OH is 1. The van der Waals surface area contributed by atoms with Crippen LogP contribution in [-0.4, -0.2) is 31.4 Å². The maximum atomic E-state index is 10.6. The number of fused-ring (bicyclic) bond motifs is 1. The zero-order valence-electron chi connectivity index (χ0n) is 11.4. The number of rotatable bonds is 2. The van der Waals surface area contributed by atoms with E-state index in [1.807, 2.05) is 6.07 Å². The van der Waals surface area contributed by atoms with Crippen molar-refractivity contribution in [1.29, 1.82) is 0 Å². The minimum absolute atomic E-state index is 0.200. The van der Waals surface area contributed by atoms with Crippen LogP contribution in [0.25, 0.3) is 0 Å². The van der Waals surface area contributed by atoms with E-state index < -0.39 is 6.10 Å². The van der Waals surface area contributed by atoms with Crippen molar-refractivity contribution in [1.82, 2.24) is 5.32 Å². The molecule has 5 heteroatoms. The van der Waals surface area contributed by atoms with Crippen molar-refractivity contribution in [3.05, 3.63) is 22.7 Å². The predicted octanol–water partition coefficient (Wildman–Crippen LogP) is 2.53. The molecule has 2 aliphatic rings. The van der Waals surface area contributed by atoms with Gasteiger partial charge in [0, 0.05) is 30.5 Å². The van der Waals surface area contributed by atoms with Crippen molar-refractivity contribution in [3.63, 3.8) is 0 Å². The summed E-state index contributed by atoms with van der Waals surface area (Å²) >= 11 is 6.31. The van der Waals surface area contributed by atoms with Crippen molar-refractivity contribution in [2.24, 2.45) is 5.92 Å². The van der Waals surface area contributed by atoms with E-state index in [0.717, 1.165) is 37.9 Å². The minimum atomic E-state index is -0.563. The van der Waals surface area contributed by atoms with Gasteiger partial charge in [-0.3, -0.25) is 0 Å². The van der Waals surface area contributed by atoms with Gasteiger partial charge in [0.25, 0.3) is 0 Å². The first-order chi connectivity index (χ1) is 9.75. The van der Waals surface area contributed by atoms with Crippen LogP contribution in [-0.2, 0) is 0 Å². The first kappa shape index (κ1) is 14.0. The van der Waals surface area contributed by atoms with Crippen LogP contribution in [0.1, 0.15) is 30.9 Å². The Kier molecular flexibility index (Phi) is 4.34. The summed E-state index contributed by atoms with van der Waals surface area (Å²) in [5.41, 5.74) is 0.740. The van der Waals surface area contributed by atoms with Gasteiger partial charge in [-0.1, -0.05) is 11.6 Å². The van der Waals surface area contributed by atoms with E-state index in [2.05, 4.69) is 5.32 Å². The fourth-order valence-electron chi connectivity index (χ4n) is 2.83. The van der Waals surface area contributed by atoms with Crippen LogP contribution in [0.3, 0.4) is 0 Å². The topological polar surface area (TPSA) is 50.7 Å². The SMILES string of the molecule is OC(c1cc2c(cc1Cl)OCCCO2)C1CCCNC1. The first-order valence-electron chi connectivity index (χ1n) is 7.23. The van der Waals surface area contributed by atoms with Crippen LogP contribution >= 0.6 is 11.6 Å². The first-order valence-corrected chi connectivity index (χ1v) is 7.61. The molecule has 0 bridgehead atoms. The summed E-state index contributed by atoms with van der Waals surface area (Å²) in [7, 11) is 0. The highest BCUT2D eigenvalue weighted by atomic mass is 35.5. The van der Waals surface area contributed by atoms with Crippen molar-refractivity contribution in [2.75, 3.05) is 26.3 Å². The summed E-state index contributed by atoms with van der Waals surface area (Å²) in [4.78, 5) is 0. The summed E-state index contributed by atoms with van der Waals surface area (Å²) in [6, 6.07) is 3.60. The lowest BCUT2D eigenvalue weighted by Crippen LogP contribution is -2.33. The molecule has 0 amide bonds. The van der Waals surface area contributed by atoms with Crippen LogP contribution in [0.15, 0.2) is 12.1 Å². The Morgan fingerprint density at radius 3 is 2.65 bits per heavy atom. The molecule has 2 aliphatic heterocycles. The van der Waals surface area contributed by atoms with E-state index in [4.69, 9.17) is 21.1 Å². The van der Waals surface area contributed by atoms with Crippen LogP contribution in [0.4, 0.5) is 0 Å². The molecule has 1 saturated heterocycles. The highest BCUT2D eigenvalue weighted by Crippen LogP contribution is 2.40. The number of ether oxygens (including phenoxy) is 2. The highest BCUT2D eigenvalue weighted by molar-refractivity contribution is 6.31. The van der Waals surface area contributed by atoms with E-state index in [9.17, 15) is 5.11 Å². The molecule has 0 saturated carbocycles. The molecule has 1 aromatic rings. The summed E-state index contributed by atoms with van der Waals surface area (Å²) in [6.45, 7) is 3.12. The second-order valence-corrected chi connectivity index (χ2v) is 5.83. The second kappa shape index (κ2) is 6.20. The van der Waals surface area contributed by atoms with Crippen LogP contribution in [0.2, 0.25) is 5.02 Å². The average molecular weight is 298 g/mol. The molecule has 1 fully saturated rings. The van der Waals surface area contributed by atoms with E-state index in [1.54, 1.807) is 6.07 Å². The molecule has 0 spiro atoms. The second-order valence-electron chi connectivity index (χ2n) is 5.42. The number of nitrogens with one attached hydrogen (secondary N) is 1. The van der Waals surface area contributed by atoms with Gasteiger partial charge in [0.15, 0.2) is 11.5 Å². The van der Waals surface area contributed by atoms with Crippen molar-refractivity contribution >= 4 is 11.6 Å². The van der Waals surface area contributed by atoms with Gasteiger partial charge in [-0.2, -0.15) is 0 Å². The van der Waals surface area contributed by atoms with Crippen LogP contribution in [0.5, 0.6) is 11.5 Å². The molecular weight excluding hydrogens is 278 g/mol. The molecule has 110 valence electrons. The number of piperidine rings is 1. The Bertz CT molecular complexity index is 474. The Balaban J connectivity index is 1.86. The van der Waals surface area contributed by atoms with Crippen molar-refractivity contribution in [3.8, 4) is 11.5 Å². The molecule has 20 heavy (non-hydrogen) atoms. The summed E-state index contributed by atoms with van der Waals surface area (Å²) in [6.07, 6.45) is 2.40. The van der Waals surface area contributed by atoms with Gasteiger partial charge in [-0.15, -0.1) is 0 Å². The molecule has 2 unspecified atom stereocenters. The zero-order valence-corrected chi connectivity index (χ0v) is 12.2. The molecular formula is C15H20ClNO3. The van der Waals surface area contributed by atoms with Gasteiger partial charge in [0.2, 0.25) is 0 Å². The zero-order chi connectivity index (χ0) is 13.9. The molecule has 1 aromatic carbocycles. The summed E-state index contributed by atoms with van der Waals surface area (Å²) in [5, 5.41) is 14.4. The van der Waals surface area contributed by atoms with E-state index in [-0.39, 0.29) is 5.92 Å². The molecule has 2 heterocycles. The summed E-state index contributed by atoms with van der Waals surface area (Å²) in [5.74, 6) is 1.56. The highest BCUT2D eigenvalue weighted by Gasteiger charge is 2.26. The Hall–Kier alpha value is -0.970. The normalized spacial score (nSPS) is 24.0. The Morgan fingerprint density at radius 2 is 1.95 bits per heavy atom. The molecule has 0 radical (unpaired) electrons. The lowest BCUT2D eigenvalue weighted by atomic mass is 9.89. The fourth-order valence-corrected chi connectivity index (χ4v) is 3.09. The third kappa shape index (κ3) is 2.87. The fraction of sp³-hybridized carbons (Fsp3) is 0.600. The van der Waals surface area contributed by atoms with Gasteiger partial charge >= 0.3 is 0 Å². The average Bonchev–Trinajstić information content (AvgIpc) is 2.71. The Labute approximate surface area is 124 Å². The lowest BCUT2D eigenvalue weighted by Gasteiger charge is -2.28. The smallest absolute Gasteiger partial charge is 0.162 e. The van der Waals surface area contributed by atoms with E-state index in [1.165, 1.54) is 0 Å². The number of benzene rings is 1. The largest absolute Gasteiger partial charge is 0.490 e. The molecule has 4 nitrogen and oxygen atoms in total. The van der Waals surface area contributed by atoms with Crippen molar-refractivity contribution < 1.29 is 14.6 Å². The monoisotopic (exact) mass is 297 g/mol. The van der Waals surface area contributed by atoms with Gasteiger partial charge in [-0.05, 0) is 25.5 Å². The maximum absolute atomic E-state index is 10.6. The predicted molar refractivity (Wildman–Crippen MR) is 77.6 cm³/mol. The number of hydrogen-bond acceptors (Lipinski definition) is 4. The lowest BCUT2D eigenvalue weighted by molar-refractivity contribution is 0.0919. The third-order valence-electron chi connectivity index (χ3n) is 3.97. The quantitative estimate of drug-likeness (QED) is 0.881. The van der Waals surface area contributed by atoms with Gasteiger partial charge in [0.05, 0.1) is 24.3 Å². The third-order valence-corrected chi connectivity index (χ3v) is 4.29. The standard InChI is InChI=1S/C15H20ClNO3/c16-12-8-14-13(19-5-2-6-20-14)7-11(12)15(18)10-3-1-4-17-9-10/h7-8,10,15,17-18H,1-6,9H2.